The van der Waals surface area contributed by atoms with Crippen molar-refractivity contribution in [3.05, 3.63) is 29.6 Å². The molecule has 0 bridgehead atoms. The Balaban J connectivity index is 2.63. The minimum absolute atomic E-state index is 0.277. The standard InChI is InChI=1S/C13H19BrFNO/c1-9(7-14)10(2)16-8-11-5-4-6-12(17-3)13(11)15/h4-6,9-10,16H,7-8H2,1-3H3. The molecule has 0 aliphatic carbocycles. The number of hydrogen-bond donors (Lipinski definition) is 1. The molecule has 4 heteroatoms. The zero-order valence-electron chi connectivity index (χ0n) is 10.5. The smallest absolute Gasteiger partial charge is 0.169 e. The zero-order valence-corrected chi connectivity index (χ0v) is 12.1. The van der Waals surface area contributed by atoms with Crippen LogP contribution in [-0.4, -0.2) is 18.5 Å². The average molecular weight is 304 g/mol. The van der Waals surface area contributed by atoms with Gasteiger partial charge in [0, 0.05) is 23.5 Å². The summed E-state index contributed by atoms with van der Waals surface area (Å²) in [6, 6.07) is 5.54. The second-order valence-electron chi connectivity index (χ2n) is 4.23. The van der Waals surface area contributed by atoms with Crippen LogP contribution in [0.15, 0.2) is 18.2 Å². The van der Waals surface area contributed by atoms with Crippen LogP contribution in [0.4, 0.5) is 4.39 Å². The minimum Gasteiger partial charge on any atom is -0.494 e. The van der Waals surface area contributed by atoms with E-state index in [1.165, 1.54) is 7.11 Å². The number of hydrogen-bond acceptors (Lipinski definition) is 2. The highest BCUT2D eigenvalue weighted by Crippen LogP contribution is 2.20. The number of methoxy groups -OCH3 is 1. The second-order valence-corrected chi connectivity index (χ2v) is 4.88. The van der Waals surface area contributed by atoms with Gasteiger partial charge in [0.15, 0.2) is 11.6 Å². The van der Waals surface area contributed by atoms with Crippen molar-refractivity contribution in [3.8, 4) is 5.75 Å². The number of nitrogens with one attached hydrogen (secondary N) is 1. The van der Waals surface area contributed by atoms with Crippen LogP contribution in [0.5, 0.6) is 5.75 Å². The normalized spacial score (nSPS) is 14.4. The van der Waals surface area contributed by atoms with Gasteiger partial charge in [0.1, 0.15) is 0 Å². The molecule has 96 valence electrons. The molecule has 2 unspecified atom stereocenters. The van der Waals surface area contributed by atoms with E-state index in [0.717, 1.165) is 5.33 Å². The van der Waals surface area contributed by atoms with Gasteiger partial charge in [0.05, 0.1) is 7.11 Å². The van der Waals surface area contributed by atoms with Crippen molar-refractivity contribution in [2.45, 2.75) is 26.4 Å². The molecule has 0 heterocycles. The highest BCUT2D eigenvalue weighted by Gasteiger charge is 2.12. The van der Waals surface area contributed by atoms with E-state index < -0.39 is 0 Å². The molecular formula is C13H19BrFNO. The Labute approximate surface area is 111 Å². The quantitative estimate of drug-likeness (QED) is 0.814. The Bertz CT molecular complexity index is 359. The van der Waals surface area contributed by atoms with Crippen LogP contribution in [0.3, 0.4) is 0 Å². The van der Waals surface area contributed by atoms with E-state index in [9.17, 15) is 4.39 Å². The van der Waals surface area contributed by atoms with Gasteiger partial charge in [-0.3, -0.25) is 0 Å². The van der Waals surface area contributed by atoms with Crippen LogP contribution in [0.1, 0.15) is 19.4 Å². The van der Waals surface area contributed by atoms with Gasteiger partial charge < -0.3 is 10.1 Å². The molecule has 0 aliphatic heterocycles. The first-order chi connectivity index (χ1) is 8.10. The van der Waals surface area contributed by atoms with Gasteiger partial charge in [-0.1, -0.05) is 35.0 Å². The van der Waals surface area contributed by atoms with E-state index >= 15 is 0 Å². The predicted octanol–water partition coefficient (Wildman–Crippen LogP) is 3.34. The van der Waals surface area contributed by atoms with Gasteiger partial charge in [-0.05, 0) is 18.9 Å². The van der Waals surface area contributed by atoms with Gasteiger partial charge >= 0.3 is 0 Å². The molecule has 0 amide bonds. The molecule has 1 aromatic rings. The summed E-state index contributed by atoms with van der Waals surface area (Å²) in [4.78, 5) is 0. The Hall–Kier alpha value is -0.610. The van der Waals surface area contributed by atoms with Crippen LogP contribution >= 0.6 is 15.9 Å². The highest BCUT2D eigenvalue weighted by atomic mass is 79.9. The lowest BCUT2D eigenvalue weighted by Crippen LogP contribution is -2.32. The summed E-state index contributed by atoms with van der Waals surface area (Å²) in [7, 11) is 1.48. The lowest BCUT2D eigenvalue weighted by atomic mass is 10.1. The minimum atomic E-state index is -0.277. The molecule has 1 aromatic carbocycles. The summed E-state index contributed by atoms with van der Waals surface area (Å²) in [5, 5.41) is 4.25. The fourth-order valence-corrected chi connectivity index (χ4v) is 2.02. The Morgan fingerprint density at radius 1 is 1.41 bits per heavy atom. The number of benzene rings is 1. The molecule has 0 saturated carbocycles. The van der Waals surface area contributed by atoms with E-state index in [1.807, 2.05) is 0 Å². The van der Waals surface area contributed by atoms with E-state index in [-0.39, 0.29) is 5.82 Å². The fraction of sp³-hybridized carbons (Fsp3) is 0.538. The molecule has 2 atom stereocenters. The summed E-state index contributed by atoms with van der Waals surface area (Å²) in [6.45, 7) is 4.76. The largest absolute Gasteiger partial charge is 0.494 e. The van der Waals surface area contributed by atoms with E-state index in [4.69, 9.17) is 4.74 Å². The van der Waals surface area contributed by atoms with Gasteiger partial charge in [-0.2, -0.15) is 0 Å². The topological polar surface area (TPSA) is 21.3 Å². The van der Waals surface area contributed by atoms with Crippen LogP contribution < -0.4 is 10.1 Å². The Kier molecular flexibility index (Phi) is 5.92. The third kappa shape index (κ3) is 3.96. The number of rotatable bonds is 6. The van der Waals surface area contributed by atoms with Crippen molar-refractivity contribution in [1.82, 2.24) is 5.32 Å². The van der Waals surface area contributed by atoms with Crippen LogP contribution in [0.25, 0.3) is 0 Å². The van der Waals surface area contributed by atoms with Crippen LogP contribution in [0.2, 0.25) is 0 Å². The van der Waals surface area contributed by atoms with E-state index in [2.05, 4.69) is 35.1 Å². The molecule has 0 aliphatic rings. The summed E-state index contributed by atoms with van der Waals surface area (Å²) in [5.74, 6) is 0.523. The summed E-state index contributed by atoms with van der Waals surface area (Å²) in [5.41, 5.74) is 0.637. The summed E-state index contributed by atoms with van der Waals surface area (Å²) in [6.07, 6.45) is 0. The third-order valence-corrected chi connectivity index (χ3v) is 4.00. The lowest BCUT2D eigenvalue weighted by Gasteiger charge is -2.19. The van der Waals surface area contributed by atoms with E-state index in [1.54, 1.807) is 18.2 Å². The predicted molar refractivity (Wildman–Crippen MR) is 72.2 cm³/mol. The molecule has 0 spiro atoms. The first kappa shape index (κ1) is 14.5. The van der Waals surface area contributed by atoms with Crippen molar-refractivity contribution in [2.75, 3.05) is 12.4 Å². The monoisotopic (exact) mass is 303 g/mol. The summed E-state index contributed by atoms with van der Waals surface area (Å²) < 4.78 is 18.8. The summed E-state index contributed by atoms with van der Waals surface area (Å²) >= 11 is 3.44. The van der Waals surface area contributed by atoms with Gasteiger partial charge in [0.25, 0.3) is 0 Å². The van der Waals surface area contributed by atoms with E-state index in [0.29, 0.717) is 29.8 Å². The third-order valence-electron chi connectivity index (χ3n) is 2.97. The van der Waals surface area contributed by atoms with Gasteiger partial charge in [-0.15, -0.1) is 0 Å². The van der Waals surface area contributed by atoms with Crippen LogP contribution in [0, 0.1) is 11.7 Å². The molecule has 2 nitrogen and oxygen atoms in total. The number of alkyl halides is 1. The molecule has 0 fully saturated rings. The molecule has 0 saturated heterocycles. The number of halogens is 2. The maximum Gasteiger partial charge on any atom is 0.169 e. The zero-order chi connectivity index (χ0) is 12.8. The maximum atomic E-state index is 13.8. The fourth-order valence-electron chi connectivity index (χ4n) is 1.46. The van der Waals surface area contributed by atoms with Gasteiger partial charge in [0.2, 0.25) is 0 Å². The molecule has 17 heavy (non-hydrogen) atoms. The molecule has 0 aromatic heterocycles. The van der Waals surface area contributed by atoms with Crippen molar-refractivity contribution in [2.24, 2.45) is 5.92 Å². The SMILES string of the molecule is COc1cccc(CNC(C)C(C)CBr)c1F. The first-order valence-electron chi connectivity index (χ1n) is 5.70. The number of ether oxygens (including phenoxy) is 1. The van der Waals surface area contributed by atoms with Crippen molar-refractivity contribution in [3.63, 3.8) is 0 Å². The van der Waals surface area contributed by atoms with Crippen molar-refractivity contribution < 1.29 is 9.13 Å². The average Bonchev–Trinajstić information content (AvgIpc) is 2.36. The highest BCUT2D eigenvalue weighted by molar-refractivity contribution is 9.09. The molecular weight excluding hydrogens is 285 g/mol. The molecule has 1 N–H and O–H groups in total. The Morgan fingerprint density at radius 3 is 2.71 bits per heavy atom. The Morgan fingerprint density at radius 2 is 2.12 bits per heavy atom. The van der Waals surface area contributed by atoms with Gasteiger partial charge in [-0.25, -0.2) is 4.39 Å². The first-order valence-corrected chi connectivity index (χ1v) is 6.83. The second kappa shape index (κ2) is 6.97. The molecule has 0 radical (unpaired) electrons. The van der Waals surface area contributed by atoms with Crippen molar-refractivity contribution in [1.29, 1.82) is 0 Å². The molecule has 1 rings (SSSR count). The van der Waals surface area contributed by atoms with Crippen LogP contribution in [-0.2, 0) is 6.54 Å². The van der Waals surface area contributed by atoms with Crippen molar-refractivity contribution >= 4 is 15.9 Å². The lowest BCUT2D eigenvalue weighted by molar-refractivity contribution is 0.379. The maximum absolute atomic E-state index is 13.8.